The van der Waals surface area contributed by atoms with Crippen LogP contribution in [0, 0.1) is 11.8 Å². The van der Waals surface area contributed by atoms with Crippen LogP contribution in [0.15, 0.2) is 35.8 Å². The molecule has 2 fully saturated rings. The number of aryl methyl sites for hydroxylation is 2. The van der Waals surface area contributed by atoms with Crippen molar-refractivity contribution in [3.05, 3.63) is 68.1 Å². The maximum atomic E-state index is 12.5. The van der Waals surface area contributed by atoms with Crippen LogP contribution in [0.25, 0.3) is 11.1 Å². The van der Waals surface area contributed by atoms with Gasteiger partial charge in [0, 0.05) is 21.2 Å². The Labute approximate surface area is 302 Å². The predicted molar refractivity (Wildman–Crippen MR) is 174 cm³/mol. The molecule has 2 aromatic rings. The fourth-order valence-corrected chi connectivity index (χ4v) is 7.01. The van der Waals surface area contributed by atoms with Gasteiger partial charge in [0.15, 0.2) is 0 Å². The molecule has 0 radical (unpaired) electrons. The van der Waals surface area contributed by atoms with Crippen LogP contribution in [0.5, 0.6) is 11.5 Å². The molecule has 2 unspecified atom stereocenters. The van der Waals surface area contributed by atoms with Gasteiger partial charge in [0.1, 0.15) is 23.0 Å². The number of hydrogen-bond acceptors (Lipinski definition) is 7. The monoisotopic (exact) mass is 682 g/mol. The van der Waals surface area contributed by atoms with Crippen LogP contribution in [-0.4, -0.2) is 52.8 Å². The molecule has 12 heteroatoms. The van der Waals surface area contributed by atoms with E-state index >= 15 is 0 Å². The van der Waals surface area contributed by atoms with Crippen molar-refractivity contribution in [2.75, 3.05) is 14.2 Å². The minimum atomic E-state index is -0.665. The van der Waals surface area contributed by atoms with Gasteiger partial charge in [-0.15, -0.1) is 0 Å². The molecule has 2 amide bonds. The van der Waals surface area contributed by atoms with Crippen molar-refractivity contribution in [1.29, 1.82) is 0 Å². The average Bonchev–Trinajstić information content (AvgIpc) is 3.91. The molecule has 2 aliphatic heterocycles. The van der Waals surface area contributed by atoms with E-state index < -0.39 is 11.1 Å². The summed E-state index contributed by atoms with van der Waals surface area (Å²) in [4.78, 5) is 25.1. The van der Waals surface area contributed by atoms with Gasteiger partial charge in [-0.25, -0.2) is 0 Å². The molecular weight excluding hydrogens is 642 g/mol. The number of aliphatic hydroxyl groups excluding tert-OH is 2. The number of ether oxygens (including phenoxy) is 2. The largest absolute Gasteiger partial charge is 1.00 e. The summed E-state index contributed by atoms with van der Waals surface area (Å²) in [7, 11) is 3.08. The summed E-state index contributed by atoms with van der Waals surface area (Å²) in [5.41, 5.74) is 2.38. The number of methoxy groups -OCH3 is 2. The Balaban J connectivity index is 0.000000240. The first-order chi connectivity index (χ1) is 20.8. The van der Waals surface area contributed by atoms with Gasteiger partial charge < -0.3 is 35.8 Å². The molecule has 2 saturated carbocycles. The number of carbonyl (C=O) groups is 2. The summed E-state index contributed by atoms with van der Waals surface area (Å²) in [5, 5.41) is 28.5. The van der Waals surface area contributed by atoms with E-state index in [1.807, 2.05) is 39.8 Å². The Morgan fingerprint density at radius 2 is 1.07 bits per heavy atom. The second kappa shape index (κ2) is 14.4. The van der Waals surface area contributed by atoms with E-state index in [0.717, 1.165) is 36.8 Å². The standard InChI is InChI=1S/2C17H20ClNO3.Na.H2O/c2*1-4-9-7-11(18)8-12(22-3)13(9)14-15(20)17(2,10-5-6-10)19-16(14)21;;/h2*7-8,10,20H,4-6H2,1-3H3,(H,19,21);;1H2/q;;+1;/p-1. The summed E-state index contributed by atoms with van der Waals surface area (Å²) in [5.74, 6) is 1.38. The van der Waals surface area contributed by atoms with E-state index in [1.54, 1.807) is 26.4 Å². The fourth-order valence-electron chi connectivity index (χ4n) is 6.54. The van der Waals surface area contributed by atoms with E-state index in [4.69, 9.17) is 32.7 Å². The molecule has 2 aromatic carbocycles. The van der Waals surface area contributed by atoms with E-state index in [9.17, 15) is 19.8 Å². The van der Waals surface area contributed by atoms with E-state index in [0.29, 0.717) is 68.5 Å². The molecule has 4 aliphatic rings. The predicted octanol–water partition coefficient (Wildman–Crippen LogP) is 3.78. The first kappa shape index (κ1) is 38.1. The molecule has 5 N–H and O–H groups in total. The first-order valence-corrected chi connectivity index (χ1v) is 15.9. The topological polar surface area (TPSA) is 147 Å². The van der Waals surface area contributed by atoms with Crippen LogP contribution >= 0.6 is 23.2 Å². The molecule has 2 heterocycles. The van der Waals surface area contributed by atoms with Crippen molar-refractivity contribution < 1.29 is 64.3 Å². The number of hydrogen-bond donors (Lipinski definition) is 4. The van der Waals surface area contributed by atoms with Crippen LogP contribution in [0.3, 0.4) is 0 Å². The molecule has 6 rings (SSSR count). The third-order valence-electron chi connectivity index (χ3n) is 9.44. The molecule has 0 aromatic heterocycles. The number of nitrogens with one attached hydrogen (secondary N) is 2. The van der Waals surface area contributed by atoms with E-state index in [2.05, 4.69) is 10.6 Å². The Morgan fingerprint density at radius 3 is 1.33 bits per heavy atom. The zero-order chi connectivity index (χ0) is 32.1. The van der Waals surface area contributed by atoms with Crippen LogP contribution < -0.4 is 49.7 Å². The Kier molecular flexibility index (Phi) is 11.9. The molecule has 46 heavy (non-hydrogen) atoms. The summed E-state index contributed by atoms with van der Waals surface area (Å²) < 4.78 is 10.8. The number of carbonyl (C=O) groups excluding carboxylic acids is 2. The second-order valence-corrected chi connectivity index (χ2v) is 13.2. The molecule has 244 valence electrons. The summed E-state index contributed by atoms with van der Waals surface area (Å²) in [6.45, 7) is 7.75. The van der Waals surface area contributed by atoms with Crippen molar-refractivity contribution in [3.8, 4) is 11.5 Å². The Hall–Kier alpha value is -2.40. The van der Waals surface area contributed by atoms with E-state index in [-0.39, 0.29) is 58.4 Å². The third kappa shape index (κ3) is 6.64. The number of benzene rings is 2. The van der Waals surface area contributed by atoms with Crippen LogP contribution in [0.2, 0.25) is 10.0 Å². The van der Waals surface area contributed by atoms with Crippen LogP contribution in [0.4, 0.5) is 0 Å². The van der Waals surface area contributed by atoms with E-state index in [1.165, 1.54) is 0 Å². The molecule has 0 bridgehead atoms. The molecular formula is C34H41Cl2N2NaO7. The summed E-state index contributed by atoms with van der Waals surface area (Å²) >= 11 is 12.2. The van der Waals surface area contributed by atoms with Gasteiger partial charge in [0.2, 0.25) is 0 Å². The van der Waals surface area contributed by atoms with Gasteiger partial charge in [-0.3, -0.25) is 9.59 Å². The summed E-state index contributed by atoms with van der Waals surface area (Å²) in [6.07, 6.45) is 5.46. The number of amides is 2. The fraction of sp³-hybridized carbons (Fsp3) is 0.471. The van der Waals surface area contributed by atoms with Gasteiger partial charge in [-0.1, -0.05) is 37.0 Å². The van der Waals surface area contributed by atoms with Gasteiger partial charge in [0.25, 0.3) is 11.8 Å². The minimum absolute atomic E-state index is 0. The van der Waals surface area contributed by atoms with Crippen LogP contribution in [-0.2, 0) is 22.4 Å². The summed E-state index contributed by atoms with van der Waals surface area (Å²) in [6, 6.07) is 6.99. The van der Waals surface area contributed by atoms with Crippen LogP contribution in [0.1, 0.15) is 75.6 Å². The minimum Gasteiger partial charge on any atom is -0.870 e. The molecule has 2 atom stereocenters. The molecule has 0 saturated heterocycles. The quantitative estimate of drug-likeness (QED) is 0.310. The van der Waals surface area contributed by atoms with Gasteiger partial charge >= 0.3 is 29.6 Å². The Bertz CT molecular complexity index is 1430. The van der Waals surface area contributed by atoms with Gasteiger partial charge in [-0.05, 0) is 99.6 Å². The second-order valence-electron chi connectivity index (χ2n) is 12.3. The smallest absolute Gasteiger partial charge is 0.870 e. The molecule has 0 spiro atoms. The molecule has 2 aliphatic carbocycles. The Morgan fingerprint density at radius 1 is 0.739 bits per heavy atom. The van der Waals surface area contributed by atoms with Crippen molar-refractivity contribution in [2.24, 2.45) is 11.8 Å². The SMILES string of the molecule is CCc1cc(Cl)cc(OC)c1C1=C(O)C(C)(C2CC2)NC1=O.CCc1cc(Cl)cc(OC)c1C1=C(O)C(C)(C2CC2)NC1=O.[Na+].[OH-]. The number of rotatable bonds is 8. The van der Waals surface area contributed by atoms with Crippen molar-refractivity contribution in [3.63, 3.8) is 0 Å². The average molecular weight is 684 g/mol. The molecule has 9 nitrogen and oxygen atoms in total. The van der Waals surface area contributed by atoms with Crippen molar-refractivity contribution >= 4 is 46.2 Å². The first-order valence-electron chi connectivity index (χ1n) is 15.1. The van der Waals surface area contributed by atoms with Crippen molar-refractivity contribution in [2.45, 2.75) is 77.3 Å². The normalized spacial score (nSPS) is 23.6. The zero-order valence-corrected chi connectivity index (χ0v) is 30.9. The maximum Gasteiger partial charge on any atom is 1.00 e. The van der Waals surface area contributed by atoms with Gasteiger partial charge in [0.05, 0.1) is 36.4 Å². The third-order valence-corrected chi connectivity index (χ3v) is 9.88. The number of aliphatic hydroxyl groups is 2. The van der Waals surface area contributed by atoms with Gasteiger partial charge in [-0.2, -0.15) is 0 Å². The zero-order valence-electron chi connectivity index (χ0n) is 27.4. The van der Waals surface area contributed by atoms with Crippen molar-refractivity contribution in [1.82, 2.24) is 10.6 Å². The number of halogens is 2. The maximum absolute atomic E-state index is 12.5.